The molecule has 3 aromatic heterocycles. The average molecular weight is 317 g/mol. The number of aliphatic hydroxyl groups excluding tert-OH is 1. The van der Waals surface area contributed by atoms with Crippen molar-refractivity contribution < 1.29 is 9.52 Å². The highest BCUT2D eigenvalue weighted by Gasteiger charge is 2.15. The summed E-state index contributed by atoms with van der Waals surface area (Å²) in [5, 5.41) is 20.0. The molecule has 1 atom stereocenters. The molecule has 1 aromatic carbocycles. The van der Waals surface area contributed by atoms with Crippen molar-refractivity contribution in [2.45, 2.75) is 13.0 Å². The van der Waals surface area contributed by atoms with Crippen molar-refractivity contribution in [3.05, 3.63) is 77.9 Å². The van der Waals surface area contributed by atoms with Crippen molar-refractivity contribution in [3.8, 4) is 11.3 Å². The number of hydrogen-bond donors (Lipinski definition) is 1. The van der Waals surface area contributed by atoms with Crippen LogP contribution in [0.4, 0.5) is 0 Å². The minimum Gasteiger partial charge on any atom is -0.464 e. The van der Waals surface area contributed by atoms with Gasteiger partial charge in [-0.15, -0.1) is 5.10 Å². The molecule has 0 saturated carbocycles. The van der Waals surface area contributed by atoms with Gasteiger partial charge in [-0.05, 0) is 48.9 Å². The molecular weight excluding hydrogens is 302 g/mol. The molecule has 4 aromatic rings. The van der Waals surface area contributed by atoms with Crippen molar-refractivity contribution in [2.75, 3.05) is 0 Å². The average Bonchev–Trinajstić information content (AvgIpc) is 3.09. The third kappa shape index (κ3) is 2.55. The van der Waals surface area contributed by atoms with Gasteiger partial charge in [0.25, 0.3) is 0 Å². The summed E-state index contributed by atoms with van der Waals surface area (Å²) in [4.78, 5) is 4.03. The number of rotatable bonds is 3. The van der Waals surface area contributed by atoms with Crippen LogP contribution in [0, 0.1) is 6.92 Å². The maximum Gasteiger partial charge on any atom is 0.133 e. The van der Waals surface area contributed by atoms with Crippen LogP contribution in [-0.2, 0) is 0 Å². The Labute approximate surface area is 138 Å². The Kier molecular flexibility index (Phi) is 3.55. The lowest BCUT2D eigenvalue weighted by Gasteiger charge is -2.12. The molecule has 0 aliphatic heterocycles. The molecule has 0 aliphatic rings. The van der Waals surface area contributed by atoms with Gasteiger partial charge < -0.3 is 9.52 Å². The number of aryl methyl sites for hydroxylation is 1. The van der Waals surface area contributed by atoms with Gasteiger partial charge in [0.2, 0.25) is 0 Å². The van der Waals surface area contributed by atoms with Gasteiger partial charge in [0.05, 0.1) is 17.7 Å². The first kappa shape index (κ1) is 14.5. The summed E-state index contributed by atoms with van der Waals surface area (Å²) in [5.41, 5.74) is 4.75. The highest BCUT2D eigenvalue weighted by molar-refractivity contribution is 5.83. The maximum absolute atomic E-state index is 10.4. The molecule has 0 spiro atoms. The fraction of sp³-hybridized carbons (Fsp3) is 0.105. The summed E-state index contributed by atoms with van der Waals surface area (Å²) in [6, 6.07) is 13.3. The monoisotopic (exact) mass is 317 g/mol. The lowest BCUT2D eigenvalue weighted by atomic mass is 10.0. The van der Waals surface area contributed by atoms with Crippen LogP contribution in [0.25, 0.3) is 22.2 Å². The van der Waals surface area contributed by atoms with Crippen LogP contribution in [0.2, 0.25) is 0 Å². The van der Waals surface area contributed by atoms with Crippen molar-refractivity contribution in [1.29, 1.82) is 0 Å². The molecular formula is C19H15N3O2. The predicted octanol–water partition coefficient (Wildman–Crippen LogP) is 3.67. The Morgan fingerprint density at radius 1 is 1.08 bits per heavy atom. The maximum atomic E-state index is 10.4. The molecule has 0 saturated heterocycles. The van der Waals surface area contributed by atoms with Crippen LogP contribution in [0.3, 0.4) is 0 Å². The van der Waals surface area contributed by atoms with Gasteiger partial charge in [-0.25, -0.2) is 0 Å². The quantitative estimate of drug-likeness (QED) is 0.624. The topological polar surface area (TPSA) is 72.0 Å². The van der Waals surface area contributed by atoms with E-state index in [-0.39, 0.29) is 0 Å². The smallest absolute Gasteiger partial charge is 0.133 e. The van der Waals surface area contributed by atoms with E-state index in [1.54, 1.807) is 24.7 Å². The second kappa shape index (κ2) is 5.86. The van der Waals surface area contributed by atoms with E-state index in [2.05, 4.69) is 15.2 Å². The number of nitrogens with zero attached hydrogens (tertiary/aromatic N) is 3. The van der Waals surface area contributed by atoms with Crippen LogP contribution in [0.5, 0.6) is 0 Å². The Hall–Kier alpha value is -3.05. The first-order valence-corrected chi connectivity index (χ1v) is 7.62. The number of fused-ring (bicyclic) bond motifs is 1. The number of furan rings is 1. The van der Waals surface area contributed by atoms with E-state index in [1.807, 2.05) is 43.3 Å². The third-order valence-electron chi connectivity index (χ3n) is 4.01. The molecule has 1 unspecified atom stereocenters. The van der Waals surface area contributed by atoms with Gasteiger partial charge in [-0.3, -0.25) is 4.98 Å². The SMILES string of the molecule is Cc1cc(C(O)c2cccnc2)nnc1-c1ccc2occc2c1. The van der Waals surface area contributed by atoms with E-state index in [0.717, 1.165) is 27.8 Å². The minimum absolute atomic E-state index is 0.508. The molecule has 3 heterocycles. The fourth-order valence-corrected chi connectivity index (χ4v) is 2.75. The van der Waals surface area contributed by atoms with Crippen LogP contribution in [0.15, 0.2) is 65.5 Å². The van der Waals surface area contributed by atoms with Gasteiger partial charge >= 0.3 is 0 Å². The lowest BCUT2D eigenvalue weighted by Crippen LogP contribution is -2.06. The zero-order valence-corrected chi connectivity index (χ0v) is 13.0. The zero-order chi connectivity index (χ0) is 16.5. The number of hydrogen-bond acceptors (Lipinski definition) is 5. The summed E-state index contributed by atoms with van der Waals surface area (Å²) in [6.45, 7) is 1.96. The molecule has 4 rings (SSSR count). The second-order valence-electron chi connectivity index (χ2n) is 5.66. The molecule has 0 amide bonds. The van der Waals surface area contributed by atoms with Crippen molar-refractivity contribution in [2.24, 2.45) is 0 Å². The standard InChI is InChI=1S/C19H15N3O2/c1-12-9-16(19(23)15-3-2-7-20-11-15)21-22-18(12)14-4-5-17-13(10-14)6-8-24-17/h2-11,19,23H,1H3. The summed E-state index contributed by atoms with van der Waals surface area (Å²) in [7, 11) is 0. The normalized spacial score (nSPS) is 12.4. The van der Waals surface area contributed by atoms with Gasteiger partial charge in [-0.2, -0.15) is 5.10 Å². The van der Waals surface area contributed by atoms with Gasteiger partial charge in [0.15, 0.2) is 0 Å². The molecule has 5 nitrogen and oxygen atoms in total. The third-order valence-corrected chi connectivity index (χ3v) is 4.01. The molecule has 0 bridgehead atoms. The summed E-state index contributed by atoms with van der Waals surface area (Å²) in [5.74, 6) is 0. The van der Waals surface area contributed by atoms with Crippen LogP contribution >= 0.6 is 0 Å². The van der Waals surface area contributed by atoms with Crippen LogP contribution < -0.4 is 0 Å². The second-order valence-corrected chi connectivity index (χ2v) is 5.66. The summed E-state index contributed by atoms with van der Waals surface area (Å²) < 4.78 is 5.36. The Morgan fingerprint density at radius 2 is 2.00 bits per heavy atom. The van der Waals surface area contributed by atoms with E-state index < -0.39 is 6.10 Å². The van der Waals surface area contributed by atoms with E-state index in [1.165, 1.54) is 0 Å². The molecule has 5 heteroatoms. The van der Waals surface area contributed by atoms with Crippen molar-refractivity contribution in [1.82, 2.24) is 15.2 Å². The van der Waals surface area contributed by atoms with E-state index >= 15 is 0 Å². The number of aliphatic hydroxyl groups is 1. The van der Waals surface area contributed by atoms with Crippen molar-refractivity contribution >= 4 is 11.0 Å². The Bertz CT molecular complexity index is 996. The van der Waals surface area contributed by atoms with Gasteiger partial charge in [0.1, 0.15) is 11.7 Å². The highest BCUT2D eigenvalue weighted by atomic mass is 16.3. The lowest BCUT2D eigenvalue weighted by molar-refractivity contribution is 0.213. The van der Waals surface area contributed by atoms with Gasteiger partial charge in [-0.1, -0.05) is 6.07 Å². The van der Waals surface area contributed by atoms with Gasteiger partial charge in [0, 0.05) is 28.9 Å². The summed E-state index contributed by atoms with van der Waals surface area (Å²) in [6.07, 6.45) is 4.13. The Balaban J connectivity index is 1.71. The fourth-order valence-electron chi connectivity index (χ4n) is 2.75. The Morgan fingerprint density at radius 3 is 2.79 bits per heavy atom. The van der Waals surface area contributed by atoms with Crippen LogP contribution in [0.1, 0.15) is 22.9 Å². The number of benzene rings is 1. The van der Waals surface area contributed by atoms with E-state index in [9.17, 15) is 5.11 Å². The zero-order valence-electron chi connectivity index (χ0n) is 13.0. The first-order valence-electron chi connectivity index (χ1n) is 7.62. The van der Waals surface area contributed by atoms with Crippen LogP contribution in [-0.4, -0.2) is 20.3 Å². The van der Waals surface area contributed by atoms with Crippen molar-refractivity contribution in [3.63, 3.8) is 0 Å². The molecule has 1 N–H and O–H groups in total. The molecule has 24 heavy (non-hydrogen) atoms. The number of pyridine rings is 1. The molecule has 0 fully saturated rings. The number of aromatic nitrogens is 3. The minimum atomic E-state index is -0.838. The first-order chi connectivity index (χ1) is 11.7. The van der Waals surface area contributed by atoms with E-state index in [0.29, 0.717) is 11.3 Å². The summed E-state index contributed by atoms with van der Waals surface area (Å²) >= 11 is 0. The molecule has 0 aliphatic carbocycles. The van der Waals surface area contributed by atoms with E-state index in [4.69, 9.17) is 4.42 Å². The largest absolute Gasteiger partial charge is 0.464 e. The predicted molar refractivity (Wildman–Crippen MR) is 90.3 cm³/mol. The molecule has 0 radical (unpaired) electrons. The highest BCUT2D eigenvalue weighted by Crippen LogP contribution is 2.27. The molecule has 118 valence electrons.